The molecule has 0 aromatic carbocycles. The van der Waals surface area contributed by atoms with E-state index in [1.54, 1.807) is 0 Å². The van der Waals surface area contributed by atoms with E-state index in [9.17, 15) is 0 Å². The van der Waals surface area contributed by atoms with Gasteiger partial charge in [0.15, 0.2) is 5.13 Å². The van der Waals surface area contributed by atoms with E-state index in [-0.39, 0.29) is 5.41 Å². The Morgan fingerprint density at radius 2 is 2.00 bits per heavy atom. The number of nitrogens with one attached hydrogen (secondary N) is 1. The maximum Gasteiger partial charge on any atom is 0.185 e. The van der Waals surface area contributed by atoms with E-state index >= 15 is 0 Å². The van der Waals surface area contributed by atoms with E-state index in [4.69, 9.17) is 4.98 Å². The van der Waals surface area contributed by atoms with Crippen molar-refractivity contribution < 1.29 is 0 Å². The van der Waals surface area contributed by atoms with Crippen molar-refractivity contribution >= 4 is 16.5 Å². The molecule has 1 aliphatic rings. The Hall–Kier alpha value is -0.610. The van der Waals surface area contributed by atoms with Crippen molar-refractivity contribution in [2.45, 2.75) is 59.9 Å². The van der Waals surface area contributed by atoms with E-state index in [0.29, 0.717) is 0 Å². The third kappa shape index (κ3) is 3.98. The highest BCUT2D eigenvalue weighted by Gasteiger charge is 2.28. The molecule has 21 heavy (non-hydrogen) atoms. The van der Waals surface area contributed by atoms with Crippen LogP contribution in [0.4, 0.5) is 5.13 Å². The molecule has 0 radical (unpaired) electrons. The van der Waals surface area contributed by atoms with Crippen LogP contribution in [0.2, 0.25) is 0 Å². The molecule has 2 atom stereocenters. The number of hydrogen-bond donors (Lipinski definition) is 1. The van der Waals surface area contributed by atoms with Crippen LogP contribution in [0, 0.1) is 11.8 Å². The molecule has 4 heteroatoms. The Morgan fingerprint density at radius 3 is 2.57 bits per heavy atom. The van der Waals surface area contributed by atoms with Crippen LogP contribution in [0.1, 0.15) is 58.5 Å². The third-order valence-corrected chi connectivity index (χ3v) is 5.65. The Balaban J connectivity index is 2.22. The van der Waals surface area contributed by atoms with Crippen LogP contribution >= 0.6 is 11.3 Å². The summed E-state index contributed by atoms with van der Waals surface area (Å²) < 4.78 is 0. The first-order valence-electron chi connectivity index (χ1n) is 8.28. The molecule has 1 aliphatic heterocycles. The largest absolute Gasteiger partial charge is 0.348 e. The van der Waals surface area contributed by atoms with Gasteiger partial charge in [0.1, 0.15) is 0 Å². The summed E-state index contributed by atoms with van der Waals surface area (Å²) in [4.78, 5) is 8.93. The lowest BCUT2D eigenvalue weighted by Gasteiger charge is -2.35. The molecule has 2 heterocycles. The fraction of sp³-hybridized carbons (Fsp3) is 0.824. The minimum Gasteiger partial charge on any atom is -0.348 e. The van der Waals surface area contributed by atoms with Crippen LogP contribution in [0.3, 0.4) is 0 Å². The summed E-state index contributed by atoms with van der Waals surface area (Å²) in [6.45, 7) is 18.0. The van der Waals surface area contributed by atoms with Crippen molar-refractivity contribution in [3.8, 4) is 0 Å². The molecule has 0 saturated carbocycles. The first-order chi connectivity index (χ1) is 9.82. The van der Waals surface area contributed by atoms with Gasteiger partial charge in [0.05, 0.1) is 5.69 Å². The van der Waals surface area contributed by atoms with Gasteiger partial charge in [-0.1, -0.05) is 41.5 Å². The predicted octanol–water partition coefficient (Wildman–Crippen LogP) is 4.03. The van der Waals surface area contributed by atoms with E-state index in [0.717, 1.165) is 38.0 Å². The number of aromatic nitrogens is 1. The summed E-state index contributed by atoms with van der Waals surface area (Å²) in [6.07, 6.45) is 1.29. The number of thiazole rings is 1. The molecule has 1 N–H and O–H groups in total. The molecule has 0 amide bonds. The van der Waals surface area contributed by atoms with Crippen LogP contribution in [0.25, 0.3) is 0 Å². The summed E-state index contributed by atoms with van der Waals surface area (Å²) in [6, 6.07) is 0. The maximum absolute atomic E-state index is 5.02. The molecule has 1 aromatic heterocycles. The lowest BCUT2D eigenvalue weighted by molar-refractivity contribution is 0.323. The summed E-state index contributed by atoms with van der Waals surface area (Å²) >= 11 is 1.89. The molecule has 120 valence electrons. The molecule has 1 saturated heterocycles. The van der Waals surface area contributed by atoms with Crippen molar-refractivity contribution in [1.82, 2.24) is 10.3 Å². The molecule has 0 spiro atoms. The number of nitrogens with zero attached hydrogens (tertiary/aromatic N) is 2. The average Bonchev–Trinajstić information content (AvgIpc) is 2.83. The van der Waals surface area contributed by atoms with Gasteiger partial charge in [0.2, 0.25) is 0 Å². The lowest BCUT2D eigenvalue weighted by Crippen LogP contribution is -2.38. The molecule has 1 fully saturated rings. The first kappa shape index (κ1) is 16.8. The zero-order valence-electron chi connectivity index (χ0n) is 14.5. The number of piperidine rings is 1. The Labute approximate surface area is 134 Å². The minimum atomic E-state index is 0.119. The second kappa shape index (κ2) is 6.66. The van der Waals surface area contributed by atoms with Gasteiger partial charge in [-0.05, 0) is 24.8 Å². The van der Waals surface area contributed by atoms with Crippen LogP contribution in [0.5, 0.6) is 0 Å². The first-order valence-corrected chi connectivity index (χ1v) is 9.10. The van der Waals surface area contributed by atoms with Gasteiger partial charge in [-0.15, -0.1) is 11.3 Å². The maximum atomic E-state index is 5.02. The van der Waals surface area contributed by atoms with Gasteiger partial charge >= 0.3 is 0 Å². The second-order valence-electron chi connectivity index (χ2n) is 7.49. The van der Waals surface area contributed by atoms with E-state index < -0.39 is 0 Å². The van der Waals surface area contributed by atoms with Gasteiger partial charge < -0.3 is 10.2 Å². The van der Waals surface area contributed by atoms with Crippen molar-refractivity contribution in [3.05, 3.63) is 10.6 Å². The van der Waals surface area contributed by atoms with Crippen molar-refractivity contribution in [1.29, 1.82) is 0 Å². The smallest absolute Gasteiger partial charge is 0.185 e. The zero-order valence-corrected chi connectivity index (χ0v) is 15.3. The van der Waals surface area contributed by atoms with Crippen LogP contribution in [-0.4, -0.2) is 24.6 Å². The summed E-state index contributed by atoms with van der Waals surface area (Å²) in [5.74, 6) is 1.60. The normalized spacial score (nSPS) is 23.6. The summed E-state index contributed by atoms with van der Waals surface area (Å²) in [5, 5.41) is 4.69. The molecule has 0 aliphatic carbocycles. The summed E-state index contributed by atoms with van der Waals surface area (Å²) in [7, 11) is 0. The highest BCUT2D eigenvalue weighted by Crippen LogP contribution is 2.36. The Kier molecular flexibility index (Phi) is 5.31. The molecule has 1 aromatic rings. The van der Waals surface area contributed by atoms with Crippen LogP contribution in [0.15, 0.2) is 0 Å². The van der Waals surface area contributed by atoms with E-state index in [1.165, 1.54) is 22.1 Å². The van der Waals surface area contributed by atoms with Crippen molar-refractivity contribution in [2.24, 2.45) is 11.8 Å². The topological polar surface area (TPSA) is 28.2 Å². The predicted molar refractivity (Wildman–Crippen MR) is 93.4 cm³/mol. The fourth-order valence-electron chi connectivity index (χ4n) is 2.86. The fourth-order valence-corrected chi connectivity index (χ4v) is 4.13. The van der Waals surface area contributed by atoms with Gasteiger partial charge in [0.25, 0.3) is 0 Å². The van der Waals surface area contributed by atoms with Gasteiger partial charge in [-0.2, -0.15) is 0 Å². The molecule has 2 unspecified atom stereocenters. The van der Waals surface area contributed by atoms with Crippen LogP contribution < -0.4 is 10.2 Å². The van der Waals surface area contributed by atoms with E-state index in [1.807, 2.05) is 11.3 Å². The van der Waals surface area contributed by atoms with Crippen molar-refractivity contribution in [2.75, 3.05) is 24.5 Å². The molecule has 3 nitrogen and oxygen atoms in total. The monoisotopic (exact) mass is 309 g/mol. The summed E-state index contributed by atoms with van der Waals surface area (Å²) in [5.41, 5.74) is 1.39. The van der Waals surface area contributed by atoms with Crippen molar-refractivity contribution in [3.63, 3.8) is 0 Å². The number of rotatable bonds is 4. The minimum absolute atomic E-state index is 0.119. The molecular formula is C17H31N3S. The van der Waals surface area contributed by atoms with Gasteiger partial charge in [-0.3, -0.25) is 0 Å². The SMILES string of the molecule is CCNCc1sc(N2CCC(C)C(C)C2)nc1C(C)(C)C. The zero-order chi connectivity index (χ0) is 15.6. The van der Waals surface area contributed by atoms with Gasteiger partial charge in [0, 0.05) is 29.9 Å². The number of anilines is 1. The molecule has 0 bridgehead atoms. The Bertz CT molecular complexity index is 461. The van der Waals surface area contributed by atoms with Gasteiger partial charge in [-0.25, -0.2) is 4.98 Å². The highest BCUT2D eigenvalue weighted by atomic mass is 32.1. The quantitative estimate of drug-likeness (QED) is 0.910. The lowest BCUT2D eigenvalue weighted by atomic mass is 9.89. The Morgan fingerprint density at radius 1 is 1.29 bits per heavy atom. The van der Waals surface area contributed by atoms with E-state index in [2.05, 4.69) is 51.8 Å². The third-order valence-electron chi connectivity index (χ3n) is 4.54. The second-order valence-corrected chi connectivity index (χ2v) is 8.55. The standard InChI is InChI=1S/C17H31N3S/c1-7-18-10-14-15(17(4,5)6)19-16(21-14)20-9-8-12(2)13(3)11-20/h12-13,18H,7-11H2,1-6H3. The number of hydrogen-bond acceptors (Lipinski definition) is 4. The molecular weight excluding hydrogens is 278 g/mol. The van der Waals surface area contributed by atoms with Crippen LogP contribution in [-0.2, 0) is 12.0 Å². The highest BCUT2D eigenvalue weighted by molar-refractivity contribution is 7.15. The molecule has 2 rings (SSSR count). The average molecular weight is 310 g/mol.